The van der Waals surface area contributed by atoms with E-state index in [0.29, 0.717) is 34.6 Å². The smallest absolute Gasteiger partial charge is 0.240 e. The molecule has 0 saturated heterocycles. The summed E-state index contributed by atoms with van der Waals surface area (Å²) in [5, 5.41) is 10.1. The minimum absolute atomic E-state index is 0.0813. The highest BCUT2D eigenvalue weighted by atomic mass is 35.5. The topological polar surface area (TPSA) is 88.9 Å². The highest BCUT2D eigenvalue weighted by molar-refractivity contribution is 6.29. The monoisotopic (exact) mass is 519 g/mol. The summed E-state index contributed by atoms with van der Waals surface area (Å²) >= 11 is 6.21. The fourth-order valence-corrected chi connectivity index (χ4v) is 4.53. The van der Waals surface area contributed by atoms with Crippen LogP contribution in [0.5, 0.6) is 11.5 Å². The number of benzene rings is 3. The van der Waals surface area contributed by atoms with Crippen LogP contribution in [0.4, 0.5) is 15.9 Å². The number of fused-ring (bicyclic) bond motifs is 1. The number of methoxy groups -OCH3 is 2. The Balaban J connectivity index is 1.47. The summed E-state index contributed by atoms with van der Waals surface area (Å²) in [6.07, 6.45) is 0.494. The van der Waals surface area contributed by atoms with Crippen molar-refractivity contribution in [3.05, 3.63) is 82.9 Å². The third-order valence-electron chi connectivity index (χ3n) is 6.12. The van der Waals surface area contributed by atoms with Crippen molar-refractivity contribution in [1.29, 1.82) is 0 Å². The van der Waals surface area contributed by atoms with Crippen LogP contribution in [-0.4, -0.2) is 40.8 Å². The van der Waals surface area contributed by atoms with E-state index in [1.54, 1.807) is 38.5 Å². The molecule has 188 valence electrons. The number of ether oxygens (including phenoxy) is 2. The molecule has 0 bridgehead atoms. The lowest BCUT2D eigenvalue weighted by atomic mass is 9.98. The maximum atomic E-state index is 13.5. The first kappa shape index (κ1) is 24.5. The zero-order valence-corrected chi connectivity index (χ0v) is 21.1. The number of hydrazone groups is 1. The van der Waals surface area contributed by atoms with E-state index in [0.717, 1.165) is 22.5 Å². The maximum Gasteiger partial charge on any atom is 0.240 e. The predicted molar refractivity (Wildman–Crippen MR) is 140 cm³/mol. The Morgan fingerprint density at radius 1 is 1.05 bits per heavy atom. The Labute approximate surface area is 217 Å². The summed E-state index contributed by atoms with van der Waals surface area (Å²) in [7, 11) is 3.11. The number of carbonyl (C=O) groups is 1. The van der Waals surface area contributed by atoms with Gasteiger partial charge in [0.05, 0.1) is 31.5 Å². The normalized spacial score (nSPS) is 15.0. The van der Waals surface area contributed by atoms with Crippen LogP contribution in [0, 0.1) is 5.82 Å². The van der Waals surface area contributed by atoms with Crippen LogP contribution < -0.4 is 14.8 Å². The number of aromatic nitrogens is 2. The van der Waals surface area contributed by atoms with Gasteiger partial charge >= 0.3 is 0 Å². The Kier molecular flexibility index (Phi) is 6.62. The van der Waals surface area contributed by atoms with E-state index in [2.05, 4.69) is 20.4 Å². The van der Waals surface area contributed by atoms with Gasteiger partial charge in [-0.2, -0.15) is 10.1 Å². The number of hydrogen-bond acceptors (Lipinski definition) is 7. The van der Waals surface area contributed by atoms with Crippen molar-refractivity contribution in [3.8, 4) is 11.5 Å². The second-order valence-electron chi connectivity index (χ2n) is 8.45. The van der Waals surface area contributed by atoms with E-state index in [1.807, 2.05) is 24.3 Å². The molecular weight excluding hydrogens is 497 g/mol. The van der Waals surface area contributed by atoms with Crippen molar-refractivity contribution in [2.75, 3.05) is 19.5 Å². The van der Waals surface area contributed by atoms with Crippen LogP contribution in [0.25, 0.3) is 10.9 Å². The molecule has 0 saturated carbocycles. The van der Waals surface area contributed by atoms with Crippen molar-refractivity contribution in [2.24, 2.45) is 5.10 Å². The summed E-state index contributed by atoms with van der Waals surface area (Å²) < 4.78 is 24.3. The molecule has 2 heterocycles. The van der Waals surface area contributed by atoms with Gasteiger partial charge in [-0.05, 0) is 53.1 Å². The van der Waals surface area contributed by atoms with Crippen molar-refractivity contribution < 1.29 is 18.7 Å². The van der Waals surface area contributed by atoms with Crippen molar-refractivity contribution in [3.63, 3.8) is 0 Å². The molecule has 0 spiro atoms. The van der Waals surface area contributed by atoms with E-state index < -0.39 is 0 Å². The second-order valence-corrected chi connectivity index (χ2v) is 8.79. The molecule has 3 aromatic carbocycles. The molecule has 0 aliphatic carbocycles. The van der Waals surface area contributed by atoms with Gasteiger partial charge < -0.3 is 14.8 Å². The van der Waals surface area contributed by atoms with Crippen LogP contribution in [0.1, 0.15) is 30.5 Å². The van der Waals surface area contributed by atoms with Gasteiger partial charge in [-0.1, -0.05) is 24.3 Å². The van der Waals surface area contributed by atoms with E-state index in [1.165, 1.54) is 24.1 Å². The predicted octanol–water partition coefficient (Wildman–Crippen LogP) is 5.88. The van der Waals surface area contributed by atoms with Crippen molar-refractivity contribution >= 4 is 45.6 Å². The lowest BCUT2D eigenvalue weighted by Gasteiger charge is -2.20. The van der Waals surface area contributed by atoms with Gasteiger partial charge in [-0.3, -0.25) is 4.79 Å². The minimum Gasteiger partial charge on any atom is -0.493 e. The van der Waals surface area contributed by atoms with Gasteiger partial charge in [0, 0.05) is 30.5 Å². The van der Waals surface area contributed by atoms with Crippen LogP contribution in [0.3, 0.4) is 0 Å². The van der Waals surface area contributed by atoms with Gasteiger partial charge in [0.15, 0.2) is 11.5 Å². The number of halogens is 2. The molecular formula is C27H23ClFN5O3. The van der Waals surface area contributed by atoms with Gasteiger partial charge in [0.1, 0.15) is 11.6 Å². The Morgan fingerprint density at radius 2 is 1.78 bits per heavy atom. The van der Waals surface area contributed by atoms with Crippen LogP contribution in [0.2, 0.25) is 5.28 Å². The zero-order chi connectivity index (χ0) is 26.1. The number of hydrogen-bond donors (Lipinski definition) is 1. The van der Waals surface area contributed by atoms with Gasteiger partial charge in [-0.25, -0.2) is 14.4 Å². The van der Waals surface area contributed by atoms with E-state index >= 15 is 0 Å². The molecule has 1 aromatic heterocycles. The lowest BCUT2D eigenvalue weighted by Crippen LogP contribution is -2.24. The molecule has 1 amide bonds. The minimum atomic E-state index is -0.329. The number of rotatable bonds is 6. The molecule has 0 fully saturated rings. The van der Waals surface area contributed by atoms with E-state index in [4.69, 9.17) is 21.1 Å². The van der Waals surface area contributed by atoms with E-state index in [-0.39, 0.29) is 23.0 Å². The van der Waals surface area contributed by atoms with E-state index in [9.17, 15) is 9.18 Å². The molecule has 1 unspecified atom stereocenters. The van der Waals surface area contributed by atoms with Crippen LogP contribution in [-0.2, 0) is 4.79 Å². The highest BCUT2D eigenvalue weighted by Crippen LogP contribution is 2.36. The van der Waals surface area contributed by atoms with Crippen molar-refractivity contribution in [1.82, 2.24) is 15.0 Å². The molecule has 1 aliphatic heterocycles. The summed E-state index contributed by atoms with van der Waals surface area (Å²) in [5.74, 6) is 1.04. The largest absolute Gasteiger partial charge is 0.493 e. The third kappa shape index (κ3) is 4.90. The molecule has 0 radical (unpaired) electrons. The first-order valence-electron chi connectivity index (χ1n) is 11.5. The number of anilines is 2. The summed E-state index contributed by atoms with van der Waals surface area (Å²) in [6, 6.07) is 17.0. The molecule has 1 aliphatic rings. The fourth-order valence-electron chi connectivity index (χ4n) is 4.36. The fraction of sp³-hybridized carbons (Fsp3) is 0.185. The number of nitrogens with zero attached hydrogens (tertiary/aromatic N) is 4. The third-order valence-corrected chi connectivity index (χ3v) is 6.29. The summed E-state index contributed by atoms with van der Waals surface area (Å²) in [6.45, 7) is 1.47. The second kappa shape index (κ2) is 10.0. The molecule has 4 aromatic rings. The Hall–Kier alpha value is -4.24. The first-order valence-corrected chi connectivity index (χ1v) is 11.8. The summed E-state index contributed by atoms with van der Waals surface area (Å²) in [4.78, 5) is 21.0. The molecule has 8 nitrogen and oxygen atoms in total. The molecule has 37 heavy (non-hydrogen) atoms. The van der Waals surface area contributed by atoms with Gasteiger partial charge in [0.2, 0.25) is 11.2 Å². The molecule has 1 N–H and O–H groups in total. The molecule has 1 atom stereocenters. The number of amides is 1. The average Bonchev–Trinajstić information content (AvgIpc) is 3.34. The molecule has 10 heteroatoms. The lowest BCUT2D eigenvalue weighted by molar-refractivity contribution is -0.130. The quantitative estimate of drug-likeness (QED) is 0.320. The average molecular weight is 520 g/mol. The SMILES string of the molecule is COc1cc2nc(Cl)nc(Nc3cccc(C4=NN(C(C)=O)C(c5ccc(F)cc5)C4)c3)c2cc1OC. The zero-order valence-electron chi connectivity index (χ0n) is 20.3. The maximum absolute atomic E-state index is 13.5. The highest BCUT2D eigenvalue weighted by Gasteiger charge is 2.31. The van der Waals surface area contributed by atoms with Crippen LogP contribution in [0.15, 0.2) is 65.8 Å². The standard InChI is InChI=1S/C27H23ClFN5O3/c1-15(35)34-23(16-7-9-18(29)10-8-16)13-21(33-34)17-5-4-6-19(11-17)30-26-20-12-24(36-2)25(37-3)14-22(20)31-27(28)32-26/h4-12,14,23H,13H2,1-3H3,(H,30,31,32). The Bertz CT molecular complexity index is 1530. The molecule has 5 rings (SSSR count). The van der Waals surface area contributed by atoms with Gasteiger partial charge in [0.25, 0.3) is 0 Å². The van der Waals surface area contributed by atoms with Gasteiger partial charge in [-0.15, -0.1) is 0 Å². The summed E-state index contributed by atoms with van der Waals surface area (Å²) in [5.41, 5.74) is 3.73. The Morgan fingerprint density at radius 3 is 2.49 bits per heavy atom. The number of nitrogens with one attached hydrogen (secondary N) is 1. The van der Waals surface area contributed by atoms with Crippen molar-refractivity contribution in [2.45, 2.75) is 19.4 Å². The first-order chi connectivity index (χ1) is 17.9. The van der Waals surface area contributed by atoms with Crippen LogP contribution >= 0.6 is 11.6 Å². The number of carbonyl (C=O) groups excluding carboxylic acids is 1.